The number of hydrogen-bond donors (Lipinski definition) is 0. The van der Waals surface area contributed by atoms with E-state index in [1.54, 1.807) is 14.0 Å². The Morgan fingerprint density at radius 2 is 1.70 bits per heavy atom. The molecule has 0 aliphatic carbocycles. The summed E-state index contributed by atoms with van der Waals surface area (Å²) in [6.07, 6.45) is 5.63. The minimum Gasteiger partial charge on any atom is -0.384 e. The molecule has 2 atom stereocenters. The SMILES string of the molecule is COCCC(=O)N1CCC[C@@H]2[C@H]1CCCCN2C(C)=O. The number of hydrogen-bond acceptors (Lipinski definition) is 3. The Bertz CT molecular complexity index is 359. The Hall–Kier alpha value is -1.10. The number of nitrogens with zero attached hydrogens (tertiary/aromatic N) is 2. The fourth-order valence-corrected chi connectivity index (χ4v) is 3.58. The first-order chi connectivity index (χ1) is 9.65. The average molecular weight is 282 g/mol. The maximum Gasteiger partial charge on any atom is 0.225 e. The predicted octanol–water partition coefficient (Wildman–Crippen LogP) is 1.41. The summed E-state index contributed by atoms with van der Waals surface area (Å²) in [6, 6.07) is 0.426. The van der Waals surface area contributed by atoms with E-state index in [0.717, 1.165) is 45.2 Å². The van der Waals surface area contributed by atoms with Crippen LogP contribution in [0.3, 0.4) is 0 Å². The van der Waals surface area contributed by atoms with Crippen LogP contribution in [0.25, 0.3) is 0 Å². The van der Waals surface area contributed by atoms with Gasteiger partial charge in [0, 0.05) is 27.1 Å². The first-order valence-corrected chi connectivity index (χ1v) is 7.70. The van der Waals surface area contributed by atoms with E-state index in [9.17, 15) is 9.59 Å². The number of fused-ring (bicyclic) bond motifs is 1. The third-order valence-corrected chi connectivity index (χ3v) is 4.54. The standard InChI is InChI=1S/C15H26N2O3/c1-12(18)16-9-4-3-6-14-13(16)7-5-10-17(14)15(19)8-11-20-2/h13-14H,3-11H2,1-2H3/t13-,14-/m1/s1. The Kier molecular flexibility index (Phi) is 5.40. The lowest BCUT2D eigenvalue weighted by molar-refractivity contribution is -0.142. The van der Waals surface area contributed by atoms with E-state index in [1.165, 1.54) is 0 Å². The van der Waals surface area contributed by atoms with E-state index >= 15 is 0 Å². The number of likely N-dealkylation sites (tertiary alicyclic amines) is 2. The molecule has 0 bridgehead atoms. The van der Waals surface area contributed by atoms with Crippen LogP contribution in [0, 0.1) is 0 Å². The number of piperidine rings is 1. The highest BCUT2D eigenvalue weighted by atomic mass is 16.5. The molecule has 5 nitrogen and oxygen atoms in total. The van der Waals surface area contributed by atoms with Crippen LogP contribution in [0.5, 0.6) is 0 Å². The van der Waals surface area contributed by atoms with Gasteiger partial charge in [-0.2, -0.15) is 0 Å². The van der Waals surface area contributed by atoms with Crippen molar-refractivity contribution in [3.8, 4) is 0 Å². The van der Waals surface area contributed by atoms with Crippen molar-refractivity contribution in [3.63, 3.8) is 0 Å². The van der Waals surface area contributed by atoms with E-state index in [-0.39, 0.29) is 23.9 Å². The molecule has 2 aliphatic rings. The summed E-state index contributed by atoms with van der Waals surface area (Å²) in [6.45, 7) is 3.79. The van der Waals surface area contributed by atoms with Crippen molar-refractivity contribution < 1.29 is 14.3 Å². The summed E-state index contributed by atoms with van der Waals surface area (Å²) in [5, 5.41) is 0. The first-order valence-electron chi connectivity index (χ1n) is 7.70. The van der Waals surface area contributed by atoms with Crippen LogP contribution in [0.2, 0.25) is 0 Å². The van der Waals surface area contributed by atoms with E-state index in [2.05, 4.69) is 0 Å². The average Bonchev–Trinajstić information content (AvgIpc) is 2.66. The van der Waals surface area contributed by atoms with Crippen LogP contribution >= 0.6 is 0 Å². The molecule has 114 valence electrons. The van der Waals surface area contributed by atoms with Crippen LogP contribution in [0.1, 0.15) is 45.4 Å². The zero-order chi connectivity index (χ0) is 14.5. The second kappa shape index (κ2) is 7.07. The first kappa shape index (κ1) is 15.3. The maximum absolute atomic E-state index is 12.3. The minimum absolute atomic E-state index is 0.146. The molecule has 2 aliphatic heterocycles. The van der Waals surface area contributed by atoms with Crippen LogP contribution in [-0.4, -0.2) is 60.5 Å². The van der Waals surface area contributed by atoms with Crippen molar-refractivity contribution >= 4 is 11.8 Å². The summed E-state index contributed by atoms with van der Waals surface area (Å²) in [7, 11) is 1.62. The molecule has 0 aromatic rings. The number of amides is 2. The van der Waals surface area contributed by atoms with Crippen molar-refractivity contribution in [2.45, 2.75) is 57.5 Å². The topological polar surface area (TPSA) is 49.9 Å². The monoisotopic (exact) mass is 282 g/mol. The Morgan fingerprint density at radius 1 is 1.05 bits per heavy atom. The molecule has 2 amide bonds. The second-order valence-electron chi connectivity index (χ2n) is 5.82. The molecule has 2 saturated heterocycles. The number of carbonyl (C=O) groups excluding carboxylic acids is 2. The van der Waals surface area contributed by atoms with Crippen molar-refractivity contribution in [1.82, 2.24) is 9.80 Å². The van der Waals surface area contributed by atoms with Gasteiger partial charge in [-0.1, -0.05) is 0 Å². The van der Waals surface area contributed by atoms with E-state index in [0.29, 0.717) is 13.0 Å². The van der Waals surface area contributed by atoms with Gasteiger partial charge in [-0.25, -0.2) is 0 Å². The van der Waals surface area contributed by atoms with Crippen LogP contribution in [0.15, 0.2) is 0 Å². The highest BCUT2D eigenvalue weighted by Crippen LogP contribution is 2.29. The third-order valence-electron chi connectivity index (χ3n) is 4.54. The van der Waals surface area contributed by atoms with Crippen molar-refractivity contribution in [1.29, 1.82) is 0 Å². The number of ether oxygens (including phenoxy) is 1. The number of rotatable bonds is 3. The summed E-state index contributed by atoms with van der Waals surface area (Å²) in [4.78, 5) is 28.2. The lowest BCUT2D eigenvalue weighted by Crippen LogP contribution is -2.57. The summed E-state index contributed by atoms with van der Waals surface area (Å²) >= 11 is 0. The second-order valence-corrected chi connectivity index (χ2v) is 5.82. The molecule has 0 aromatic carbocycles. The van der Waals surface area contributed by atoms with Gasteiger partial charge in [-0.05, 0) is 32.1 Å². The predicted molar refractivity (Wildman–Crippen MR) is 76.3 cm³/mol. The lowest BCUT2D eigenvalue weighted by atomic mass is 9.92. The summed E-state index contributed by atoms with van der Waals surface area (Å²) < 4.78 is 5.01. The minimum atomic E-state index is 0.146. The molecule has 0 radical (unpaired) electrons. The molecule has 0 spiro atoms. The fourth-order valence-electron chi connectivity index (χ4n) is 3.58. The molecule has 0 saturated carbocycles. The van der Waals surface area contributed by atoms with Gasteiger partial charge in [-0.3, -0.25) is 9.59 Å². The maximum atomic E-state index is 12.3. The van der Waals surface area contributed by atoms with Gasteiger partial charge in [0.2, 0.25) is 11.8 Å². The molecular formula is C15H26N2O3. The Balaban J connectivity index is 2.11. The molecule has 2 fully saturated rings. The molecular weight excluding hydrogens is 256 g/mol. The van der Waals surface area contributed by atoms with E-state index in [4.69, 9.17) is 4.74 Å². The summed E-state index contributed by atoms with van der Waals surface area (Å²) in [5.74, 6) is 0.319. The van der Waals surface area contributed by atoms with Gasteiger partial charge in [0.25, 0.3) is 0 Å². The van der Waals surface area contributed by atoms with Crippen LogP contribution < -0.4 is 0 Å². The van der Waals surface area contributed by atoms with Gasteiger partial charge in [0.1, 0.15) is 0 Å². The Morgan fingerprint density at radius 3 is 2.40 bits per heavy atom. The molecule has 20 heavy (non-hydrogen) atoms. The van der Waals surface area contributed by atoms with Crippen LogP contribution in [-0.2, 0) is 14.3 Å². The Labute approximate surface area is 121 Å². The highest BCUT2D eigenvalue weighted by molar-refractivity contribution is 5.77. The van der Waals surface area contributed by atoms with Gasteiger partial charge in [0.05, 0.1) is 25.1 Å². The van der Waals surface area contributed by atoms with Gasteiger partial charge < -0.3 is 14.5 Å². The molecule has 2 heterocycles. The number of carbonyl (C=O) groups is 2. The normalized spacial score (nSPS) is 26.9. The van der Waals surface area contributed by atoms with Crippen LogP contribution in [0.4, 0.5) is 0 Å². The largest absolute Gasteiger partial charge is 0.384 e. The zero-order valence-electron chi connectivity index (χ0n) is 12.6. The zero-order valence-corrected chi connectivity index (χ0v) is 12.6. The lowest BCUT2D eigenvalue weighted by Gasteiger charge is -2.44. The highest BCUT2D eigenvalue weighted by Gasteiger charge is 2.39. The molecule has 5 heteroatoms. The van der Waals surface area contributed by atoms with E-state index in [1.807, 2.05) is 9.80 Å². The summed E-state index contributed by atoms with van der Waals surface area (Å²) in [5.41, 5.74) is 0. The number of methoxy groups -OCH3 is 1. The van der Waals surface area contributed by atoms with Gasteiger partial charge >= 0.3 is 0 Å². The molecule has 0 unspecified atom stereocenters. The van der Waals surface area contributed by atoms with Crippen molar-refractivity contribution in [3.05, 3.63) is 0 Å². The van der Waals surface area contributed by atoms with Gasteiger partial charge in [0.15, 0.2) is 0 Å². The van der Waals surface area contributed by atoms with Crippen molar-refractivity contribution in [2.24, 2.45) is 0 Å². The van der Waals surface area contributed by atoms with Crippen molar-refractivity contribution in [2.75, 3.05) is 26.8 Å². The van der Waals surface area contributed by atoms with Gasteiger partial charge in [-0.15, -0.1) is 0 Å². The fraction of sp³-hybridized carbons (Fsp3) is 0.867. The molecule has 2 rings (SSSR count). The molecule has 0 aromatic heterocycles. The van der Waals surface area contributed by atoms with E-state index < -0.39 is 0 Å². The third kappa shape index (κ3) is 3.32. The molecule has 0 N–H and O–H groups in total. The smallest absolute Gasteiger partial charge is 0.225 e. The quantitative estimate of drug-likeness (QED) is 0.786.